The van der Waals surface area contributed by atoms with Crippen LogP contribution in [-0.4, -0.2) is 50.6 Å². The molecule has 11 heteroatoms. The Morgan fingerprint density at radius 2 is 1.67 bits per heavy atom. The first-order valence-electron chi connectivity index (χ1n) is 9.79. The molecule has 0 saturated carbocycles. The lowest BCUT2D eigenvalue weighted by Gasteiger charge is -2.22. The maximum atomic E-state index is 14.3. The molecule has 176 valence electrons. The van der Waals surface area contributed by atoms with Crippen LogP contribution in [0.3, 0.4) is 0 Å². The summed E-state index contributed by atoms with van der Waals surface area (Å²) in [6.45, 7) is 0.631. The Morgan fingerprint density at radius 3 is 2.30 bits per heavy atom. The smallest absolute Gasteiger partial charge is 0.325 e. The first-order valence-corrected chi connectivity index (χ1v) is 9.79. The van der Waals surface area contributed by atoms with Crippen molar-refractivity contribution in [2.45, 2.75) is 19.0 Å². The highest BCUT2D eigenvalue weighted by molar-refractivity contribution is 6.09. The molecular formula is C22H23F2N3O6. The summed E-state index contributed by atoms with van der Waals surface area (Å²) in [7, 11) is 4.38. The average molecular weight is 463 g/mol. The lowest BCUT2D eigenvalue weighted by atomic mass is 9.91. The fourth-order valence-electron chi connectivity index (χ4n) is 3.53. The largest absolute Gasteiger partial charge is 0.496 e. The summed E-state index contributed by atoms with van der Waals surface area (Å²) in [5, 5.41) is 4.93. The van der Waals surface area contributed by atoms with Crippen molar-refractivity contribution in [3.8, 4) is 17.2 Å². The average Bonchev–Trinajstić information content (AvgIpc) is 3.02. The second kappa shape index (κ2) is 9.31. The Bertz CT molecular complexity index is 1110. The normalized spacial score (nSPS) is 17.6. The van der Waals surface area contributed by atoms with Crippen molar-refractivity contribution in [3.05, 3.63) is 53.1 Å². The Labute approximate surface area is 188 Å². The number of carbonyl (C=O) groups excluding carboxylic acids is 3. The van der Waals surface area contributed by atoms with Gasteiger partial charge in [-0.15, -0.1) is 0 Å². The molecule has 1 aliphatic rings. The highest BCUT2D eigenvalue weighted by Gasteiger charge is 2.50. The second-order valence-electron chi connectivity index (χ2n) is 7.37. The number of hydrogen-bond donors (Lipinski definition) is 2. The number of benzene rings is 2. The van der Waals surface area contributed by atoms with Crippen molar-refractivity contribution in [2.75, 3.05) is 27.9 Å². The molecule has 2 N–H and O–H groups in total. The monoisotopic (exact) mass is 463 g/mol. The third kappa shape index (κ3) is 4.52. The van der Waals surface area contributed by atoms with E-state index in [0.29, 0.717) is 27.7 Å². The first-order chi connectivity index (χ1) is 15.6. The van der Waals surface area contributed by atoms with Crippen LogP contribution in [-0.2, 0) is 21.7 Å². The van der Waals surface area contributed by atoms with Crippen LogP contribution in [0.1, 0.15) is 18.1 Å². The van der Waals surface area contributed by atoms with Crippen LogP contribution in [0, 0.1) is 11.6 Å². The van der Waals surface area contributed by atoms with Gasteiger partial charge in [-0.05, 0) is 31.2 Å². The molecule has 3 rings (SSSR count). The zero-order valence-electron chi connectivity index (χ0n) is 18.5. The number of methoxy groups -OCH3 is 3. The number of nitrogens with one attached hydrogen (secondary N) is 2. The first kappa shape index (κ1) is 23.8. The molecule has 0 bridgehead atoms. The maximum Gasteiger partial charge on any atom is 0.325 e. The van der Waals surface area contributed by atoms with Crippen molar-refractivity contribution in [1.82, 2.24) is 15.5 Å². The zero-order chi connectivity index (χ0) is 24.3. The van der Waals surface area contributed by atoms with E-state index in [1.54, 1.807) is 12.1 Å². The second-order valence-corrected chi connectivity index (χ2v) is 7.37. The fourth-order valence-corrected chi connectivity index (χ4v) is 3.53. The van der Waals surface area contributed by atoms with Gasteiger partial charge in [0.2, 0.25) is 5.91 Å². The van der Waals surface area contributed by atoms with Crippen LogP contribution in [0.2, 0.25) is 0 Å². The minimum absolute atomic E-state index is 0.00179. The molecule has 4 amide bonds. The van der Waals surface area contributed by atoms with E-state index < -0.39 is 41.6 Å². The number of rotatable bonds is 8. The van der Waals surface area contributed by atoms with Crippen LogP contribution >= 0.6 is 0 Å². The van der Waals surface area contributed by atoms with E-state index in [1.165, 1.54) is 28.3 Å². The molecule has 1 heterocycles. The molecule has 2 aromatic rings. The summed E-state index contributed by atoms with van der Waals surface area (Å²) >= 11 is 0. The van der Waals surface area contributed by atoms with Gasteiger partial charge in [0.1, 0.15) is 29.5 Å². The molecule has 2 aromatic carbocycles. The predicted octanol–water partition coefficient (Wildman–Crippen LogP) is 2.07. The van der Waals surface area contributed by atoms with E-state index in [1.807, 2.05) is 0 Å². The van der Waals surface area contributed by atoms with Gasteiger partial charge in [0, 0.05) is 23.7 Å². The lowest BCUT2D eigenvalue weighted by molar-refractivity contribution is -0.134. The number of urea groups is 1. The zero-order valence-corrected chi connectivity index (χ0v) is 18.5. The van der Waals surface area contributed by atoms with E-state index in [-0.39, 0.29) is 12.1 Å². The van der Waals surface area contributed by atoms with Gasteiger partial charge in [-0.3, -0.25) is 14.5 Å². The van der Waals surface area contributed by atoms with Crippen LogP contribution < -0.4 is 24.8 Å². The summed E-state index contributed by atoms with van der Waals surface area (Å²) in [4.78, 5) is 38.4. The summed E-state index contributed by atoms with van der Waals surface area (Å²) in [6.07, 6.45) is 0. The van der Waals surface area contributed by atoms with E-state index in [4.69, 9.17) is 14.2 Å². The van der Waals surface area contributed by atoms with Crippen LogP contribution in [0.25, 0.3) is 0 Å². The van der Waals surface area contributed by atoms with Gasteiger partial charge >= 0.3 is 6.03 Å². The number of imide groups is 1. The van der Waals surface area contributed by atoms with Gasteiger partial charge in [-0.1, -0.05) is 0 Å². The van der Waals surface area contributed by atoms with E-state index in [2.05, 4.69) is 10.6 Å². The number of amides is 4. The molecule has 1 fully saturated rings. The minimum atomic E-state index is -1.85. The third-order valence-electron chi connectivity index (χ3n) is 5.31. The van der Waals surface area contributed by atoms with Gasteiger partial charge in [-0.25, -0.2) is 13.6 Å². The Morgan fingerprint density at radius 1 is 1.03 bits per heavy atom. The van der Waals surface area contributed by atoms with Crippen LogP contribution in [0.5, 0.6) is 17.2 Å². The van der Waals surface area contributed by atoms with E-state index in [0.717, 1.165) is 18.2 Å². The fraction of sp³-hybridized carbons (Fsp3) is 0.318. The molecule has 33 heavy (non-hydrogen) atoms. The topological polar surface area (TPSA) is 106 Å². The Hall–Kier alpha value is -3.89. The van der Waals surface area contributed by atoms with Gasteiger partial charge in [0.25, 0.3) is 5.91 Å². The van der Waals surface area contributed by atoms with Crippen molar-refractivity contribution >= 4 is 17.8 Å². The summed E-state index contributed by atoms with van der Waals surface area (Å²) in [5.74, 6) is -1.88. The Balaban J connectivity index is 1.73. The van der Waals surface area contributed by atoms with Gasteiger partial charge < -0.3 is 24.8 Å². The summed E-state index contributed by atoms with van der Waals surface area (Å²) in [5.41, 5.74) is -1.62. The van der Waals surface area contributed by atoms with Crippen LogP contribution in [0.4, 0.5) is 13.6 Å². The summed E-state index contributed by atoms with van der Waals surface area (Å²) in [6, 6.07) is 4.91. The quantitative estimate of drug-likeness (QED) is 0.581. The van der Waals surface area contributed by atoms with Crippen molar-refractivity contribution < 1.29 is 37.4 Å². The molecule has 0 spiro atoms. The molecule has 1 atom stereocenters. The molecule has 0 radical (unpaired) electrons. The number of carbonyl (C=O) groups is 3. The number of nitrogens with zero attached hydrogens (tertiary/aromatic N) is 1. The Kier molecular flexibility index (Phi) is 6.70. The van der Waals surface area contributed by atoms with Crippen LogP contribution in [0.15, 0.2) is 30.3 Å². The maximum absolute atomic E-state index is 14.3. The third-order valence-corrected chi connectivity index (χ3v) is 5.31. The van der Waals surface area contributed by atoms with E-state index in [9.17, 15) is 23.2 Å². The molecule has 1 aliphatic heterocycles. The van der Waals surface area contributed by atoms with Crippen molar-refractivity contribution in [3.63, 3.8) is 0 Å². The van der Waals surface area contributed by atoms with Gasteiger partial charge in [0.15, 0.2) is 11.5 Å². The molecular weight excluding hydrogens is 440 g/mol. The number of hydrogen-bond acceptors (Lipinski definition) is 6. The van der Waals surface area contributed by atoms with Gasteiger partial charge in [-0.2, -0.15) is 0 Å². The molecule has 1 unspecified atom stereocenters. The SMILES string of the molecule is COc1cc(OC)c(OC)cc1CNC(=O)CN1C(=O)NC(C)(c2cc(F)ccc2F)C1=O. The lowest BCUT2D eigenvalue weighted by Crippen LogP contribution is -2.43. The van der Waals surface area contributed by atoms with Gasteiger partial charge in [0.05, 0.1) is 21.3 Å². The molecule has 1 saturated heterocycles. The molecule has 0 aromatic heterocycles. The highest BCUT2D eigenvalue weighted by atomic mass is 19.1. The molecule has 9 nitrogen and oxygen atoms in total. The highest BCUT2D eigenvalue weighted by Crippen LogP contribution is 2.35. The minimum Gasteiger partial charge on any atom is -0.496 e. The predicted molar refractivity (Wildman–Crippen MR) is 112 cm³/mol. The summed E-state index contributed by atoms with van der Waals surface area (Å²) < 4.78 is 43.6. The molecule has 0 aliphatic carbocycles. The number of ether oxygens (including phenoxy) is 3. The van der Waals surface area contributed by atoms with Crippen molar-refractivity contribution in [2.24, 2.45) is 0 Å². The van der Waals surface area contributed by atoms with Crippen molar-refractivity contribution in [1.29, 1.82) is 0 Å². The number of halogens is 2. The standard InChI is InChI=1S/C22H23F2N3O6/c1-22(14-8-13(23)5-6-15(14)24)20(29)27(21(30)26-22)11-19(28)25-10-12-7-17(32-3)18(33-4)9-16(12)31-2/h5-9H,10-11H2,1-4H3,(H,25,28)(H,26,30). The van der Waals surface area contributed by atoms with E-state index >= 15 is 0 Å².